The third kappa shape index (κ3) is 2.66. The number of ether oxygens (including phenoxy) is 1. The second kappa shape index (κ2) is 6.55. The van der Waals surface area contributed by atoms with Crippen LogP contribution >= 0.6 is 11.3 Å². The molecule has 2 saturated heterocycles. The molecular weight excluding hydrogens is 356 g/mol. The zero-order valence-electron chi connectivity index (χ0n) is 14.9. The number of nitrogens with zero attached hydrogens (tertiary/aromatic N) is 3. The van der Waals surface area contributed by atoms with Crippen LogP contribution in [0.5, 0.6) is 0 Å². The molecule has 0 aliphatic carbocycles. The standard InChI is InChI=1S/C17H22N4O4S/c1-3-20-14(22)13-10(2)12(9-19-6-5-18-16(19)23)26-15(13)21(17(20)24)8-11-4-7-25-11/h11H,3-9H2,1-2H3,(H,18,23). The third-order valence-corrected chi connectivity index (χ3v) is 6.47. The van der Waals surface area contributed by atoms with Gasteiger partial charge in [-0.15, -0.1) is 11.3 Å². The van der Waals surface area contributed by atoms with Crippen LogP contribution in [0.25, 0.3) is 10.2 Å². The van der Waals surface area contributed by atoms with Gasteiger partial charge in [-0.25, -0.2) is 9.59 Å². The van der Waals surface area contributed by atoms with E-state index in [0.717, 1.165) is 23.5 Å². The monoisotopic (exact) mass is 378 g/mol. The minimum Gasteiger partial charge on any atom is -0.376 e. The smallest absolute Gasteiger partial charge is 0.332 e. The molecule has 2 aromatic rings. The molecule has 1 atom stereocenters. The zero-order valence-corrected chi connectivity index (χ0v) is 15.7. The van der Waals surface area contributed by atoms with E-state index in [4.69, 9.17) is 4.74 Å². The SMILES string of the molecule is CCn1c(=O)c2c(C)c(CN3CCNC3=O)sc2n(CC2CCO2)c1=O. The molecule has 26 heavy (non-hydrogen) atoms. The molecule has 0 saturated carbocycles. The van der Waals surface area contributed by atoms with Gasteiger partial charge in [0.25, 0.3) is 5.56 Å². The number of fused-ring (bicyclic) bond motifs is 1. The number of hydrogen-bond donors (Lipinski definition) is 1. The predicted octanol–water partition coefficient (Wildman–Crippen LogP) is 0.867. The van der Waals surface area contributed by atoms with Gasteiger partial charge in [0, 0.05) is 31.1 Å². The number of rotatable bonds is 5. The van der Waals surface area contributed by atoms with Gasteiger partial charge < -0.3 is 15.0 Å². The van der Waals surface area contributed by atoms with Gasteiger partial charge >= 0.3 is 11.7 Å². The molecule has 4 heterocycles. The first-order chi connectivity index (χ1) is 12.5. The number of urea groups is 1. The Morgan fingerprint density at radius 3 is 2.62 bits per heavy atom. The van der Waals surface area contributed by atoms with Crippen molar-refractivity contribution in [2.75, 3.05) is 19.7 Å². The second-order valence-electron chi connectivity index (χ2n) is 6.71. The summed E-state index contributed by atoms with van der Waals surface area (Å²) >= 11 is 1.44. The Kier molecular flexibility index (Phi) is 4.36. The lowest BCUT2D eigenvalue weighted by atomic mass is 10.2. The third-order valence-electron chi connectivity index (χ3n) is 5.17. The fourth-order valence-corrected chi connectivity index (χ4v) is 4.81. The summed E-state index contributed by atoms with van der Waals surface area (Å²) in [6.07, 6.45) is 0.943. The van der Waals surface area contributed by atoms with Crippen LogP contribution in [0.15, 0.2) is 9.59 Å². The lowest BCUT2D eigenvalue weighted by Gasteiger charge is -2.27. The van der Waals surface area contributed by atoms with Crippen molar-refractivity contribution in [1.29, 1.82) is 0 Å². The van der Waals surface area contributed by atoms with Crippen molar-refractivity contribution in [3.8, 4) is 0 Å². The summed E-state index contributed by atoms with van der Waals surface area (Å²) in [5, 5.41) is 3.38. The van der Waals surface area contributed by atoms with Gasteiger partial charge in [0.2, 0.25) is 0 Å². The summed E-state index contributed by atoms with van der Waals surface area (Å²) < 4.78 is 8.46. The first kappa shape index (κ1) is 17.3. The van der Waals surface area contributed by atoms with Crippen LogP contribution in [0.3, 0.4) is 0 Å². The minimum absolute atomic E-state index is 0.0222. The average Bonchev–Trinajstić information content (AvgIpc) is 3.11. The highest BCUT2D eigenvalue weighted by molar-refractivity contribution is 7.18. The molecule has 140 valence electrons. The number of carbonyl (C=O) groups is 1. The van der Waals surface area contributed by atoms with E-state index >= 15 is 0 Å². The van der Waals surface area contributed by atoms with Crippen LogP contribution in [-0.2, 0) is 24.4 Å². The number of thiophene rings is 1. The molecule has 0 spiro atoms. The van der Waals surface area contributed by atoms with Crippen LogP contribution in [-0.4, -0.2) is 45.9 Å². The maximum atomic E-state index is 12.9. The Hall–Kier alpha value is -2.13. The van der Waals surface area contributed by atoms with Crippen molar-refractivity contribution in [2.24, 2.45) is 0 Å². The van der Waals surface area contributed by atoms with E-state index in [2.05, 4.69) is 5.32 Å². The van der Waals surface area contributed by atoms with Crippen molar-refractivity contribution in [3.63, 3.8) is 0 Å². The Morgan fingerprint density at radius 2 is 2.04 bits per heavy atom. The molecular formula is C17H22N4O4S. The molecule has 0 radical (unpaired) electrons. The van der Waals surface area contributed by atoms with Gasteiger partial charge in [0.1, 0.15) is 4.83 Å². The second-order valence-corrected chi connectivity index (χ2v) is 7.79. The van der Waals surface area contributed by atoms with Gasteiger partial charge in [0.15, 0.2) is 0 Å². The van der Waals surface area contributed by atoms with Crippen LogP contribution in [0, 0.1) is 6.92 Å². The summed E-state index contributed by atoms with van der Waals surface area (Å²) in [5.41, 5.74) is 0.330. The highest BCUT2D eigenvalue weighted by Crippen LogP contribution is 2.30. The molecule has 2 amide bonds. The van der Waals surface area contributed by atoms with Gasteiger partial charge in [-0.05, 0) is 25.8 Å². The molecule has 2 aliphatic rings. The van der Waals surface area contributed by atoms with Crippen LogP contribution in [0.4, 0.5) is 4.79 Å². The van der Waals surface area contributed by atoms with E-state index in [1.165, 1.54) is 15.9 Å². The molecule has 0 bridgehead atoms. The van der Waals surface area contributed by atoms with E-state index < -0.39 is 0 Å². The summed E-state index contributed by atoms with van der Waals surface area (Å²) in [4.78, 5) is 40.9. The zero-order chi connectivity index (χ0) is 18.4. The average molecular weight is 378 g/mol. The summed E-state index contributed by atoms with van der Waals surface area (Å²) in [6, 6.07) is -0.0897. The maximum Gasteiger partial charge on any atom is 0.332 e. The quantitative estimate of drug-likeness (QED) is 0.837. The molecule has 2 aliphatic heterocycles. The normalized spacial score (nSPS) is 19.8. The summed E-state index contributed by atoms with van der Waals surface area (Å²) in [7, 11) is 0. The van der Waals surface area contributed by atoms with E-state index in [1.54, 1.807) is 16.4 Å². The predicted molar refractivity (Wildman–Crippen MR) is 98.9 cm³/mol. The molecule has 4 rings (SSSR count). The summed E-state index contributed by atoms with van der Waals surface area (Å²) in [6.45, 7) is 6.95. The highest BCUT2D eigenvalue weighted by Gasteiger charge is 2.26. The molecule has 1 N–H and O–H groups in total. The summed E-state index contributed by atoms with van der Waals surface area (Å²) in [5.74, 6) is 0. The molecule has 1 unspecified atom stereocenters. The van der Waals surface area contributed by atoms with E-state index in [1.807, 2.05) is 6.92 Å². The van der Waals surface area contributed by atoms with Crippen molar-refractivity contribution >= 4 is 27.6 Å². The lowest BCUT2D eigenvalue weighted by Crippen LogP contribution is -2.43. The van der Waals surface area contributed by atoms with Crippen LogP contribution in [0.2, 0.25) is 0 Å². The largest absolute Gasteiger partial charge is 0.376 e. The number of nitrogens with one attached hydrogen (secondary N) is 1. The number of amides is 2. The number of aryl methyl sites for hydroxylation is 1. The van der Waals surface area contributed by atoms with Gasteiger partial charge in [-0.1, -0.05) is 0 Å². The van der Waals surface area contributed by atoms with Gasteiger partial charge in [0.05, 0.1) is 24.6 Å². The Bertz CT molecular complexity index is 985. The van der Waals surface area contributed by atoms with Crippen molar-refractivity contribution in [1.82, 2.24) is 19.4 Å². The maximum absolute atomic E-state index is 12.9. The fourth-order valence-electron chi connectivity index (χ4n) is 3.50. The van der Waals surface area contributed by atoms with E-state index in [-0.39, 0.29) is 23.4 Å². The number of carbonyl (C=O) groups excluding carboxylic acids is 1. The highest BCUT2D eigenvalue weighted by atomic mass is 32.1. The van der Waals surface area contributed by atoms with Gasteiger partial charge in [-0.2, -0.15) is 0 Å². The van der Waals surface area contributed by atoms with E-state index in [0.29, 0.717) is 42.9 Å². The Labute approximate surface area is 154 Å². The molecule has 0 aromatic carbocycles. The Morgan fingerprint density at radius 1 is 1.27 bits per heavy atom. The van der Waals surface area contributed by atoms with Crippen molar-refractivity contribution < 1.29 is 9.53 Å². The number of hydrogen-bond acceptors (Lipinski definition) is 5. The fraction of sp³-hybridized carbons (Fsp3) is 0.588. The number of aromatic nitrogens is 2. The van der Waals surface area contributed by atoms with Crippen molar-refractivity contribution in [2.45, 2.75) is 46.0 Å². The van der Waals surface area contributed by atoms with Gasteiger partial charge in [-0.3, -0.25) is 13.9 Å². The van der Waals surface area contributed by atoms with Crippen LogP contribution < -0.4 is 16.6 Å². The minimum atomic E-state index is -0.285. The topological polar surface area (TPSA) is 85.6 Å². The first-order valence-electron chi connectivity index (χ1n) is 8.91. The lowest BCUT2D eigenvalue weighted by molar-refractivity contribution is -0.0593. The molecule has 8 nitrogen and oxygen atoms in total. The van der Waals surface area contributed by atoms with Crippen molar-refractivity contribution in [3.05, 3.63) is 31.3 Å². The van der Waals surface area contributed by atoms with E-state index in [9.17, 15) is 14.4 Å². The first-order valence-corrected chi connectivity index (χ1v) is 9.73. The molecule has 9 heteroatoms. The van der Waals surface area contributed by atoms with Crippen LogP contribution in [0.1, 0.15) is 23.8 Å². The molecule has 2 aromatic heterocycles. The Balaban J connectivity index is 1.86. The molecule has 2 fully saturated rings.